The Morgan fingerprint density at radius 3 is 2.95 bits per heavy atom. The van der Waals surface area contributed by atoms with Crippen LogP contribution in [0.3, 0.4) is 0 Å². The van der Waals surface area contributed by atoms with Gasteiger partial charge in [0.05, 0.1) is 4.99 Å². The third kappa shape index (κ3) is 3.07. The summed E-state index contributed by atoms with van der Waals surface area (Å²) in [7, 11) is 0. The fraction of sp³-hybridized carbons (Fsp3) is 0.429. The number of rotatable bonds is 2. The molecule has 1 unspecified atom stereocenters. The molecule has 5 heteroatoms. The first kappa shape index (κ1) is 14.3. The second-order valence-electron chi connectivity index (χ2n) is 4.91. The third-order valence-electron chi connectivity index (χ3n) is 3.61. The fourth-order valence-corrected chi connectivity index (χ4v) is 2.77. The molecule has 19 heavy (non-hydrogen) atoms. The van der Waals surface area contributed by atoms with Gasteiger partial charge >= 0.3 is 0 Å². The van der Waals surface area contributed by atoms with Crippen LogP contribution >= 0.6 is 23.8 Å². The highest BCUT2D eigenvalue weighted by molar-refractivity contribution is 7.80. The van der Waals surface area contributed by atoms with E-state index in [9.17, 15) is 4.79 Å². The van der Waals surface area contributed by atoms with E-state index in [1.54, 1.807) is 12.1 Å². The molecular formula is C14H17ClN2OS. The second kappa shape index (κ2) is 5.88. The van der Waals surface area contributed by atoms with Crippen LogP contribution in [0.4, 0.5) is 0 Å². The van der Waals surface area contributed by atoms with Gasteiger partial charge < -0.3 is 10.6 Å². The lowest BCUT2D eigenvalue weighted by Gasteiger charge is -2.32. The Hall–Kier alpha value is -1.13. The predicted molar refractivity (Wildman–Crippen MR) is 81.6 cm³/mol. The van der Waals surface area contributed by atoms with Gasteiger partial charge in [-0.2, -0.15) is 0 Å². The molecule has 2 N–H and O–H groups in total. The summed E-state index contributed by atoms with van der Waals surface area (Å²) < 4.78 is 0. The predicted octanol–water partition coefficient (Wildman–Crippen LogP) is 2.79. The van der Waals surface area contributed by atoms with E-state index < -0.39 is 0 Å². The maximum atomic E-state index is 12.5. The summed E-state index contributed by atoms with van der Waals surface area (Å²) in [5.41, 5.74) is 7.18. The van der Waals surface area contributed by atoms with E-state index in [4.69, 9.17) is 29.6 Å². The number of likely N-dealkylation sites (tertiary alicyclic amines) is 1. The van der Waals surface area contributed by atoms with E-state index in [1.807, 2.05) is 17.9 Å². The summed E-state index contributed by atoms with van der Waals surface area (Å²) in [5.74, 6) is 0.146. The molecule has 1 aliphatic heterocycles. The van der Waals surface area contributed by atoms with Crippen LogP contribution < -0.4 is 5.73 Å². The van der Waals surface area contributed by atoms with E-state index in [0.29, 0.717) is 22.1 Å². The lowest BCUT2D eigenvalue weighted by Crippen LogP contribution is -2.43. The molecule has 0 bridgehead atoms. The summed E-state index contributed by atoms with van der Waals surface area (Å²) in [6, 6.07) is 5.41. The number of piperidine rings is 1. The zero-order valence-electron chi connectivity index (χ0n) is 10.9. The molecule has 1 amide bonds. The number of carbonyl (C=O) groups excluding carboxylic acids is 1. The molecular weight excluding hydrogens is 280 g/mol. The number of amides is 1. The molecule has 2 rings (SSSR count). The Morgan fingerprint density at radius 2 is 2.26 bits per heavy atom. The maximum Gasteiger partial charge on any atom is 0.254 e. The number of benzene rings is 1. The van der Waals surface area contributed by atoms with E-state index in [2.05, 4.69) is 0 Å². The first-order valence-corrected chi connectivity index (χ1v) is 7.13. The van der Waals surface area contributed by atoms with Gasteiger partial charge in [0.1, 0.15) is 0 Å². The van der Waals surface area contributed by atoms with Gasteiger partial charge in [0.2, 0.25) is 0 Å². The van der Waals surface area contributed by atoms with Gasteiger partial charge in [0.25, 0.3) is 5.91 Å². The maximum absolute atomic E-state index is 12.5. The van der Waals surface area contributed by atoms with Crippen LogP contribution in [0.15, 0.2) is 18.2 Å². The van der Waals surface area contributed by atoms with Crippen LogP contribution in [0.1, 0.15) is 28.8 Å². The molecule has 0 radical (unpaired) electrons. The van der Waals surface area contributed by atoms with Crippen molar-refractivity contribution in [2.24, 2.45) is 11.7 Å². The summed E-state index contributed by atoms with van der Waals surface area (Å²) >= 11 is 11.1. The first-order chi connectivity index (χ1) is 9.00. The molecule has 1 aromatic rings. The van der Waals surface area contributed by atoms with Crippen molar-refractivity contribution in [2.45, 2.75) is 19.8 Å². The molecule has 1 aromatic carbocycles. The monoisotopic (exact) mass is 296 g/mol. The Morgan fingerprint density at radius 1 is 1.53 bits per heavy atom. The minimum atomic E-state index is 0.0148. The second-order valence-corrected chi connectivity index (χ2v) is 5.78. The number of hydrogen-bond donors (Lipinski definition) is 1. The Kier molecular flexibility index (Phi) is 4.42. The highest BCUT2D eigenvalue weighted by Crippen LogP contribution is 2.23. The van der Waals surface area contributed by atoms with E-state index in [-0.39, 0.29) is 11.8 Å². The van der Waals surface area contributed by atoms with Crippen molar-refractivity contribution in [1.29, 1.82) is 0 Å². The largest absolute Gasteiger partial charge is 0.393 e. The normalized spacial score (nSPS) is 19.3. The Balaban J connectivity index is 2.19. The van der Waals surface area contributed by atoms with Gasteiger partial charge in [-0.1, -0.05) is 29.9 Å². The molecule has 102 valence electrons. The lowest BCUT2D eigenvalue weighted by molar-refractivity contribution is 0.0703. The quantitative estimate of drug-likeness (QED) is 0.854. The summed E-state index contributed by atoms with van der Waals surface area (Å²) in [6.45, 7) is 3.23. The van der Waals surface area contributed by atoms with Crippen molar-refractivity contribution < 1.29 is 4.79 Å². The molecule has 0 aromatic heterocycles. The minimum absolute atomic E-state index is 0.0148. The molecule has 1 heterocycles. The standard InChI is InChI=1S/C14H17ClN2OS/c1-9-11(5-2-6-12(9)15)14(18)17-7-3-4-10(8-17)13(16)19/h2,5-6,10H,3-4,7-8H2,1H3,(H2,16,19). The number of hydrogen-bond acceptors (Lipinski definition) is 2. The smallest absolute Gasteiger partial charge is 0.254 e. The van der Waals surface area contributed by atoms with Gasteiger partial charge in [-0.15, -0.1) is 0 Å². The molecule has 3 nitrogen and oxygen atoms in total. The lowest BCUT2D eigenvalue weighted by atomic mass is 9.97. The van der Waals surface area contributed by atoms with E-state index in [0.717, 1.165) is 24.9 Å². The van der Waals surface area contributed by atoms with Crippen molar-refractivity contribution in [3.05, 3.63) is 34.3 Å². The van der Waals surface area contributed by atoms with Gasteiger partial charge in [0.15, 0.2) is 0 Å². The number of halogens is 1. The molecule has 0 spiro atoms. The van der Waals surface area contributed by atoms with Crippen molar-refractivity contribution in [2.75, 3.05) is 13.1 Å². The van der Waals surface area contributed by atoms with Crippen LogP contribution in [0.25, 0.3) is 0 Å². The van der Waals surface area contributed by atoms with Crippen molar-refractivity contribution in [3.8, 4) is 0 Å². The molecule has 1 fully saturated rings. The number of thiocarbonyl (C=S) groups is 1. The van der Waals surface area contributed by atoms with E-state index in [1.165, 1.54) is 0 Å². The Labute approximate surface area is 123 Å². The van der Waals surface area contributed by atoms with Gasteiger partial charge in [-0.3, -0.25) is 4.79 Å². The van der Waals surface area contributed by atoms with Crippen LogP contribution in [0.2, 0.25) is 5.02 Å². The number of nitrogens with zero attached hydrogens (tertiary/aromatic N) is 1. The van der Waals surface area contributed by atoms with E-state index >= 15 is 0 Å². The highest BCUT2D eigenvalue weighted by atomic mass is 35.5. The minimum Gasteiger partial charge on any atom is -0.393 e. The highest BCUT2D eigenvalue weighted by Gasteiger charge is 2.26. The number of carbonyl (C=O) groups is 1. The Bertz CT molecular complexity index is 518. The van der Waals surface area contributed by atoms with Crippen LogP contribution in [0, 0.1) is 12.8 Å². The fourth-order valence-electron chi connectivity index (χ4n) is 2.40. The van der Waals surface area contributed by atoms with Crippen LogP contribution in [0.5, 0.6) is 0 Å². The molecule has 1 aliphatic rings. The topological polar surface area (TPSA) is 46.3 Å². The van der Waals surface area contributed by atoms with Crippen LogP contribution in [-0.4, -0.2) is 28.9 Å². The molecule has 1 atom stereocenters. The van der Waals surface area contributed by atoms with Gasteiger partial charge in [-0.25, -0.2) is 0 Å². The third-order valence-corrected chi connectivity index (χ3v) is 4.35. The average molecular weight is 297 g/mol. The number of nitrogens with two attached hydrogens (primary N) is 1. The van der Waals surface area contributed by atoms with Crippen LogP contribution in [-0.2, 0) is 0 Å². The average Bonchev–Trinajstić information content (AvgIpc) is 2.41. The SMILES string of the molecule is Cc1c(Cl)cccc1C(=O)N1CCCC(C(N)=S)C1. The molecule has 1 saturated heterocycles. The summed E-state index contributed by atoms with van der Waals surface area (Å²) in [5, 5.41) is 0.619. The zero-order chi connectivity index (χ0) is 14.0. The van der Waals surface area contributed by atoms with Crippen molar-refractivity contribution in [1.82, 2.24) is 4.90 Å². The first-order valence-electron chi connectivity index (χ1n) is 6.34. The summed E-state index contributed by atoms with van der Waals surface area (Å²) in [4.78, 5) is 14.8. The zero-order valence-corrected chi connectivity index (χ0v) is 12.4. The summed E-state index contributed by atoms with van der Waals surface area (Å²) in [6.07, 6.45) is 1.90. The van der Waals surface area contributed by atoms with Crippen molar-refractivity contribution in [3.63, 3.8) is 0 Å². The molecule has 0 aliphatic carbocycles. The van der Waals surface area contributed by atoms with Crippen molar-refractivity contribution >= 4 is 34.7 Å². The molecule has 0 saturated carbocycles. The van der Waals surface area contributed by atoms with Gasteiger partial charge in [0, 0.05) is 29.6 Å². The van der Waals surface area contributed by atoms with Gasteiger partial charge in [-0.05, 0) is 37.5 Å².